The maximum atomic E-state index is 13.3. The number of hydrogen-bond acceptors (Lipinski definition) is 4. The van der Waals surface area contributed by atoms with Crippen molar-refractivity contribution in [3.05, 3.63) is 23.8 Å². The molecule has 0 fully saturated rings. The Hall–Kier alpha value is -1.67. The largest absolute Gasteiger partial charge is 0.379 e. The summed E-state index contributed by atoms with van der Waals surface area (Å²) in [7, 11) is 0. The Bertz CT molecular complexity index is 599. The fourth-order valence-corrected chi connectivity index (χ4v) is 2.10. The van der Waals surface area contributed by atoms with E-state index in [4.69, 9.17) is 0 Å². The van der Waals surface area contributed by atoms with E-state index in [-0.39, 0.29) is 16.9 Å². The Kier molecular flexibility index (Phi) is 3.22. The fraction of sp³-hybridized carbons (Fsp3) is 0.200. The first-order valence-electron chi connectivity index (χ1n) is 4.96. The smallest absolute Gasteiger partial charge is 0.333 e. The van der Waals surface area contributed by atoms with Crippen molar-refractivity contribution in [2.75, 3.05) is 0 Å². The number of aromatic nitrogens is 2. The van der Waals surface area contributed by atoms with E-state index in [1.807, 2.05) is 13.0 Å². The number of imidazole rings is 1. The van der Waals surface area contributed by atoms with Gasteiger partial charge in [-0.25, -0.2) is 10.8 Å². The number of carbonyl (C=O) groups is 1. The van der Waals surface area contributed by atoms with Crippen molar-refractivity contribution in [2.24, 2.45) is 5.84 Å². The molecule has 0 bridgehead atoms. The molecule has 4 N–H and O–H groups in total. The summed E-state index contributed by atoms with van der Waals surface area (Å²) in [5, 5.41) is -3.71. The Morgan fingerprint density at radius 2 is 2.28 bits per heavy atom. The number of hydrazine groups is 1. The van der Waals surface area contributed by atoms with Crippen LogP contribution in [0, 0.1) is 6.92 Å². The molecule has 0 atom stereocenters. The molecule has 0 saturated carbocycles. The van der Waals surface area contributed by atoms with E-state index in [1.165, 1.54) is 5.43 Å². The van der Waals surface area contributed by atoms with Crippen LogP contribution in [0.4, 0.5) is 8.78 Å². The number of aryl methyl sites for hydroxylation is 1. The molecule has 0 saturated heterocycles. The van der Waals surface area contributed by atoms with Gasteiger partial charge in [0.2, 0.25) is 0 Å². The molecule has 0 radical (unpaired) electrons. The molecule has 1 heterocycles. The first-order valence-corrected chi connectivity index (χ1v) is 5.78. The maximum Gasteiger partial charge on any atom is 0.379 e. The number of aromatic amines is 1. The minimum atomic E-state index is -3.67. The molecular formula is C10H10F2N4OS. The van der Waals surface area contributed by atoms with E-state index in [9.17, 15) is 13.6 Å². The van der Waals surface area contributed by atoms with Gasteiger partial charge in [-0.2, -0.15) is 8.78 Å². The number of fused-ring (bicyclic) bond motifs is 1. The van der Waals surface area contributed by atoms with Gasteiger partial charge in [-0.3, -0.25) is 10.2 Å². The van der Waals surface area contributed by atoms with Gasteiger partial charge in [-0.15, -0.1) is 0 Å². The van der Waals surface area contributed by atoms with Crippen molar-refractivity contribution in [2.45, 2.75) is 17.3 Å². The topological polar surface area (TPSA) is 83.8 Å². The first-order chi connectivity index (χ1) is 8.42. The molecule has 18 heavy (non-hydrogen) atoms. The zero-order chi connectivity index (χ0) is 13.3. The number of rotatable bonds is 3. The van der Waals surface area contributed by atoms with Gasteiger partial charge in [-0.1, -0.05) is 6.07 Å². The van der Waals surface area contributed by atoms with Gasteiger partial charge in [0.1, 0.15) is 0 Å². The van der Waals surface area contributed by atoms with Crippen LogP contribution in [0.2, 0.25) is 0 Å². The minimum Gasteiger partial charge on any atom is -0.333 e. The summed E-state index contributed by atoms with van der Waals surface area (Å²) in [5.74, 6) is 3.12. The quantitative estimate of drug-likeness (QED) is 0.342. The molecule has 2 rings (SSSR count). The monoisotopic (exact) mass is 272 g/mol. The van der Waals surface area contributed by atoms with Gasteiger partial charge in [0.15, 0.2) is 5.16 Å². The summed E-state index contributed by atoms with van der Waals surface area (Å²) >= 11 is 0.0181. The molecule has 8 heteroatoms. The molecule has 1 aromatic carbocycles. The molecule has 96 valence electrons. The summed E-state index contributed by atoms with van der Waals surface area (Å²) in [6, 6.07) is 5.32. The van der Waals surface area contributed by atoms with Gasteiger partial charge < -0.3 is 4.98 Å². The standard InChI is InChI=1S/C10H10F2N4OS/c1-5-2-3-6-7(4-5)15-9(14-6)18-10(11,12)8(17)16-13/h2-4H,13H2,1H3,(H,14,15)(H,16,17). The number of nitrogens with one attached hydrogen (secondary N) is 2. The van der Waals surface area contributed by atoms with Gasteiger partial charge in [-0.05, 0) is 36.4 Å². The number of alkyl halides is 2. The van der Waals surface area contributed by atoms with E-state index < -0.39 is 11.2 Å². The molecule has 2 aromatic rings. The Morgan fingerprint density at radius 3 is 2.94 bits per heavy atom. The van der Waals surface area contributed by atoms with Crippen molar-refractivity contribution in [1.82, 2.24) is 15.4 Å². The molecule has 0 unspecified atom stereocenters. The average molecular weight is 272 g/mol. The number of H-pyrrole nitrogens is 1. The minimum absolute atomic E-state index is 0.0181. The second-order valence-corrected chi connectivity index (χ2v) is 4.76. The van der Waals surface area contributed by atoms with E-state index in [1.54, 1.807) is 12.1 Å². The number of halogens is 2. The highest BCUT2D eigenvalue weighted by molar-refractivity contribution is 8.00. The molecule has 0 aliphatic heterocycles. The summed E-state index contributed by atoms with van der Waals surface area (Å²) in [6.07, 6.45) is 0. The third kappa shape index (κ3) is 2.44. The van der Waals surface area contributed by atoms with Crippen molar-refractivity contribution < 1.29 is 13.6 Å². The van der Waals surface area contributed by atoms with Crippen LogP contribution in [-0.2, 0) is 4.79 Å². The van der Waals surface area contributed by atoms with Crippen LogP contribution in [0.3, 0.4) is 0 Å². The fourth-order valence-electron chi connectivity index (χ4n) is 1.40. The number of nitrogens with zero attached hydrogens (tertiary/aromatic N) is 1. The van der Waals surface area contributed by atoms with E-state index in [2.05, 4.69) is 15.8 Å². The van der Waals surface area contributed by atoms with Crippen LogP contribution in [0.1, 0.15) is 5.56 Å². The van der Waals surface area contributed by atoms with Crippen molar-refractivity contribution in [3.8, 4) is 0 Å². The van der Waals surface area contributed by atoms with Crippen molar-refractivity contribution in [3.63, 3.8) is 0 Å². The molecule has 1 amide bonds. The lowest BCUT2D eigenvalue weighted by Crippen LogP contribution is -2.41. The summed E-state index contributed by atoms with van der Waals surface area (Å²) in [4.78, 5) is 17.5. The van der Waals surface area contributed by atoms with E-state index in [0.717, 1.165) is 5.56 Å². The van der Waals surface area contributed by atoms with Crippen LogP contribution >= 0.6 is 11.8 Å². The molecule has 0 aliphatic rings. The lowest BCUT2D eigenvalue weighted by atomic mass is 10.2. The highest BCUT2D eigenvalue weighted by Crippen LogP contribution is 2.35. The Labute approximate surface area is 105 Å². The first kappa shape index (κ1) is 12.8. The van der Waals surface area contributed by atoms with Gasteiger partial charge in [0, 0.05) is 0 Å². The molecule has 5 nitrogen and oxygen atoms in total. The van der Waals surface area contributed by atoms with Crippen LogP contribution in [-0.4, -0.2) is 21.1 Å². The molecule has 0 aliphatic carbocycles. The SMILES string of the molecule is Cc1ccc2nc(SC(F)(F)C(=O)NN)[nH]c2c1. The van der Waals surface area contributed by atoms with E-state index in [0.29, 0.717) is 11.0 Å². The summed E-state index contributed by atoms with van der Waals surface area (Å²) < 4.78 is 26.6. The predicted octanol–water partition coefficient (Wildman–Crippen LogP) is 1.55. The van der Waals surface area contributed by atoms with Gasteiger partial charge in [0.25, 0.3) is 0 Å². The number of amides is 1. The molecular weight excluding hydrogens is 262 g/mol. The number of hydrogen-bond donors (Lipinski definition) is 3. The van der Waals surface area contributed by atoms with Gasteiger partial charge >= 0.3 is 11.2 Å². The van der Waals surface area contributed by atoms with Crippen LogP contribution in [0.15, 0.2) is 23.4 Å². The van der Waals surface area contributed by atoms with E-state index >= 15 is 0 Å². The predicted molar refractivity (Wildman–Crippen MR) is 64.0 cm³/mol. The number of thioether (sulfide) groups is 1. The second kappa shape index (κ2) is 4.54. The number of nitrogens with two attached hydrogens (primary N) is 1. The second-order valence-electron chi connectivity index (χ2n) is 3.65. The van der Waals surface area contributed by atoms with Crippen LogP contribution in [0.25, 0.3) is 11.0 Å². The zero-order valence-corrected chi connectivity index (χ0v) is 10.1. The van der Waals surface area contributed by atoms with Crippen LogP contribution in [0.5, 0.6) is 0 Å². The zero-order valence-electron chi connectivity index (χ0n) is 9.33. The van der Waals surface area contributed by atoms with Crippen molar-refractivity contribution >= 4 is 28.7 Å². The number of benzene rings is 1. The lowest BCUT2D eigenvalue weighted by molar-refractivity contribution is -0.134. The van der Waals surface area contributed by atoms with Gasteiger partial charge in [0.05, 0.1) is 11.0 Å². The third-order valence-electron chi connectivity index (χ3n) is 2.24. The molecule has 1 aromatic heterocycles. The highest BCUT2D eigenvalue weighted by Gasteiger charge is 2.41. The third-order valence-corrected chi connectivity index (χ3v) is 3.06. The number of carbonyl (C=O) groups excluding carboxylic acids is 1. The van der Waals surface area contributed by atoms with Crippen molar-refractivity contribution in [1.29, 1.82) is 0 Å². The normalized spacial score (nSPS) is 11.8. The average Bonchev–Trinajstić information content (AvgIpc) is 2.68. The Balaban J connectivity index is 2.30. The highest BCUT2D eigenvalue weighted by atomic mass is 32.2. The maximum absolute atomic E-state index is 13.3. The molecule has 0 spiro atoms. The van der Waals surface area contributed by atoms with Crippen LogP contribution < -0.4 is 11.3 Å². The lowest BCUT2D eigenvalue weighted by Gasteiger charge is -2.10. The summed E-state index contributed by atoms with van der Waals surface area (Å²) in [6.45, 7) is 1.88. The Morgan fingerprint density at radius 1 is 1.56 bits per heavy atom. The summed E-state index contributed by atoms with van der Waals surface area (Å²) in [5.41, 5.74) is 3.60.